The Kier molecular flexibility index (Phi) is 6.19. The molecule has 8 heteroatoms. The van der Waals surface area contributed by atoms with Gasteiger partial charge in [0.25, 0.3) is 0 Å². The van der Waals surface area contributed by atoms with Crippen molar-refractivity contribution in [2.24, 2.45) is 0 Å². The van der Waals surface area contributed by atoms with E-state index in [1.165, 1.54) is 11.9 Å². The molecule has 0 bridgehead atoms. The third-order valence-electron chi connectivity index (χ3n) is 4.58. The van der Waals surface area contributed by atoms with E-state index in [4.69, 9.17) is 9.47 Å². The average molecular weight is 359 g/mol. The molecule has 0 radical (unpaired) electrons. The van der Waals surface area contributed by atoms with Crippen molar-refractivity contribution in [3.05, 3.63) is 42.0 Å². The van der Waals surface area contributed by atoms with Crippen molar-refractivity contribution >= 4 is 5.91 Å². The predicted octanol–water partition coefficient (Wildman–Crippen LogP) is 0.672. The van der Waals surface area contributed by atoms with Gasteiger partial charge in [0, 0.05) is 38.2 Å². The largest absolute Gasteiger partial charge is 0.496 e. The number of amides is 1. The molecule has 1 saturated heterocycles. The fraction of sp³-hybridized carbons (Fsp3) is 0.500. The maximum Gasteiger partial charge on any atom is 0.221 e. The summed E-state index contributed by atoms with van der Waals surface area (Å²) in [5, 5.41) is 6.86. The second-order valence-corrected chi connectivity index (χ2v) is 6.32. The van der Waals surface area contributed by atoms with Crippen LogP contribution in [0.1, 0.15) is 17.5 Å². The molecule has 0 saturated carbocycles. The van der Waals surface area contributed by atoms with Gasteiger partial charge in [-0.2, -0.15) is 5.10 Å². The molecule has 1 N–H and O–H groups in total. The second-order valence-electron chi connectivity index (χ2n) is 6.32. The van der Waals surface area contributed by atoms with E-state index in [0.717, 1.165) is 24.4 Å². The normalized spacial score (nSPS) is 17.8. The van der Waals surface area contributed by atoms with Crippen molar-refractivity contribution in [3.8, 4) is 5.75 Å². The van der Waals surface area contributed by atoms with Crippen LogP contribution in [0.3, 0.4) is 0 Å². The van der Waals surface area contributed by atoms with Gasteiger partial charge >= 0.3 is 0 Å². The lowest BCUT2D eigenvalue weighted by Crippen LogP contribution is -2.46. The molecular weight excluding hydrogens is 334 g/mol. The Morgan fingerprint density at radius 1 is 1.42 bits per heavy atom. The first-order valence-electron chi connectivity index (χ1n) is 8.70. The van der Waals surface area contributed by atoms with Crippen LogP contribution in [0, 0.1) is 0 Å². The summed E-state index contributed by atoms with van der Waals surface area (Å²) in [7, 11) is 3.33. The Balaban J connectivity index is 1.74. The van der Waals surface area contributed by atoms with Crippen molar-refractivity contribution in [1.82, 2.24) is 25.0 Å². The molecule has 1 aromatic carbocycles. The Hall–Kier alpha value is -2.45. The molecule has 0 spiro atoms. The number of aromatic nitrogens is 3. The van der Waals surface area contributed by atoms with E-state index >= 15 is 0 Å². The second kappa shape index (κ2) is 8.77. The number of hydrogen-bond acceptors (Lipinski definition) is 6. The molecule has 1 unspecified atom stereocenters. The zero-order chi connectivity index (χ0) is 18.4. The fourth-order valence-corrected chi connectivity index (χ4v) is 3.18. The van der Waals surface area contributed by atoms with Crippen LogP contribution in [0.5, 0.6) is 5.75 Å². The summed E-state index contributed by atoms with van der Waals surface area (Å²) in [4.78, 5) is 18.1. The zero-order valence-corrected chi connectivity index (χ0v) is 15.2. The number of nitrogens with zero attached hydrogens (tertiary/aromatic N) is 4. The summed E-state index contributed by atoms with van der Waals surface area (Å²) in [5.41, 5.74) is 2.22. The monoisotopic (exact) mass is 359 g/mol. The molecule has 1 atom stereocenters. The zero-order valence-electron chi connectivity index (χ0n) is 15.2. The van der Waals surface area contributed by atoms with Crippen LogP contribution in [0.15, 0.2) is 30.9 Å². The molecule has 1 aliphatic rings. The molecule has 0 aliphatic carbocycles. The highest BCUT2D eigenvalue weighted by Gasteiger charge is 2.25. The van der Waals surface area contributed by atoms with Crippen LogP contribution in [-0.2, 0) is 22.6 Å². The van der Waals surface area contributed by atoms with E-state index in [9.17, 15) is 4.79 Å². The Morgan fingerprint density at radius 3 is 3.04 bits per heavy atom. The van der Waals surface area contributed by atoms with Gasteiger partial charge in [-0.3, -0.25) is 9.69 Å². The lowest BCUT2D eigenvalue weighted by molar-refractivity contribution is -0.123. The van der Waals surface area contributed by atoms with Gasteiger partial charge in [-0.05, 0) is 17.7 Å². The number of methoxy groups -OCH3 is 1. The van der Waals surface area contributed by atoms with E-state index in [0.29, 0.717) is 26.2 Å². The van der Waals surface area contributed by atoms with E-state index in [1.54, 1.807) is 25.2 Å². The molecule has 2 heterocycles. The van der Waals surface area contributed by atoms with Gasteiger partial charge in [-0.15, -0.1) is 0 Å². The van der Waals surface area contributed by atoms with Gasteiger partial charge in [0.2, 0.25) is 5.91 Å². The first kappa shape index (κ1) is 18.3. The van der Waals surface area contributed by atoms with Crippen molar-refractivity contribution in [3.63, 3.8) is 0 Å². The van der Waals surface area contributed by atoms with E-state index in [1.807, 2.05) is 6.07 Å². The number of hydrogen-bond donors (Lipinski definition) is 1. The quantitative estimate of drug-likeness (QED) is 0.783. The molecule has 3 rings (SSSR count). The molecule has 1 amide bonds. The Labute approximate surface area is 153 Å². The molecule has 8 nitrogen and oxygen atoms in total. The summed E-state index contributed by atoms with van der Waals surface area (Å²) in [6, 6.07) is 6.27. The topological polar surface area (TPSA) is 81.5 Å². The first-order chi connectivity index (χ1) is 12.7. The van der Waals surface area contributed by atoms with Gasteiger partial charge in [0.1, 0.15) is 18.4 Å². The average Bonchev–Trinajstić information content (AvgIpc) is 3.16. The predicted molar refractivity (Wildman–Crippen MR) is 95.8 cm³/mol. The van der Waals surface area contributed by atoms with Crippen LogP contribution in [-0.4, -0.2) is 65.5 Å². The number of nitrogens with one attached hydrogen (secondary N) is 1. The molecule has 1 fully saturated rings. The highest BCUT2D eigenvalue weighted by Crippen LogP contribution is 2.23. The van der Waals surface area contributed by atoms with Crippen LogP contribution in [0.4, 0.5) is 0 Å². The molecular formula is C18H25N5O3. The van der Waals surface area contributed by atoms with Crippen LogP contribution in [0.2, 0.25) is 0 Å². The SMILES string of the molecule is CNC(=O)CC1COCCN1Cc1ccc(OC)c(Cn2cncn2)c1. The minimum atomic E-state index is 0.0344. The number of ether oxygens (including phenoxy) is 2. The molecule has 2 aromatic rings. The standard InChI is InChI=1S/C18H25N5O3/c1-19-18(24)8-16-11-26-6-5-22(16)9-14-3-4-17(25-2)15(7-14)10-23-13-20-12-21-23/h3-4,7,12-13,16H,5-6,8-11H2,1-2H3,(H,19,24). The number of rotatable bonds is 7. The molecule has 1 aliphatic heterocycles. The summed E-state index contributed by atoms with van der Waals surface area (Å²) < 4.78 is 12.8. The lowest BCUT2D eigenvalue weighted by Gasteiger charge is -2.35. The van der Waals surface area contributed by atoms with Gasteiger partial charge in [-0.25, -0.2) is 9.67 Å². The summed E-state index contributed by atoms with van der Waals surface area (Å²) in [5.74, 6) is 0.861. The highest BCUT2D eigenvalue weighted by molar-refractivity contribution is 5.76. The summed E-state index contributed by atoms with van der Waals surface area (Å²) in [6.45, 7) is 3.44. The van der Waals surface area contributed by atoms with Gasteiger partial charge in [0.05, 0.1) is 26.9 Å². The first-order valence-corrected chi connectivity index (χ1v) is 8.70. The fourth-order valence-electron chi connectivity index (χ4n) is 3.18. The highest BCUT2D eigenvalue weighted by atomic mass is 16.5. The van der Waals surface area contributed by atoms with Gasteiger partial charge in [-0.1, -0.05) is 6.07 Å². The number of morpholine rings is 1. The van der Waals surface area contributed by atoms with Crippen molar-refractivity contribution < 1.29 is 14.3 Å². The van der Waals surface area contributed by atoms with Crippen LogP contribution in [0.25, 0.3) is 0 Å². The van der Waals surface area contributed by atoms with E-state index in [2.05, 4.69) is 32.4 Å². The smallest absolute Gasteiger partial charge is 0.221 e. The van der Waals surface area contributed by atoms with Gasteiger partial charge in [0.15, 0.2) is 0 Å². The number of carbonyl (C=O) groups excluding carboxylic acids is 1. The van der Waals surface area contributed by atoms with Crippen molar-refractivity contribution in [2.75, 3.05) is 33.9 Å². The molecule has 26 heavy (non-hydrogen) atoms. The van der Waals surface area contributed by atoms with E-state index < -0.39 is 0 Å². The summed E-state index contributed by atoms with van der Waals surface area (Å²) >= 11 is 0. The maximum absolute atomic E-state index is 11.8. The maximum atomic E-state index is 11.8. The third-order valence-corrected chi connectivity index (χ3v) is 4.58. The van der Waals surface area contributed by atoms with Gasteiger partial charge < -0.3 is 14.8 Å². The van der Waals surface area contributed by atoms with Crippen molar-refractivity contribution in [2.45, 2.75) is 25.6 Å². The van der Waals surface area contributed by atoms with E-state index in [-0.39, 0.29) is 11.9 Å². The molecule has 1 aromatic heterocycles. The number of benzene rings is 1. The molecule has 140 valence electrons. The summed E-state index contributed by atoms with van der Waals surface area (Å²) in [6.07, 6.45) is 3.65. The minimum Gasteiger partial charge on any atom is -0.496 e. The van der Waals surface area contributed by atoms with Crippen LogP contribution >= 0.6 is 0 Å². The van der Waals surface area contributed by atoms with Crippen LogP contribution < -0.4 is 10.1 Å². The Morgan fingerprint density at radius 2 is 2.31 bits per heavy atom. The Bertz CT molecular complexity index is 720. The minimum absolute atomic E-state index is 0.0344. The third kappa shape index (κ3) is 4.59. The van der Waals surface area contributed by atoms with Crippen molar-refractivity contribution in [1.29, 1.82) is 0 Å². The lowest BCUT2D eigenvalue weighted by atomic mass is 10.1. The number of carbonyl (C=O) groups is 1.